The van der Waals surface area contributed by atoms with Crippen molar-refractivity contribution in [2.24, 2.45) is 0 Å². The molecule has 3 rings (SSSR count). The van der Waals surface area contributed by atoms with E-state index in [1.54, 1.807) is 0 Å². The van der Waals surface area contributed by atoms with Crippen LogP contribution >= 0.6 is 0 Å². The molecule has 0 aliphatic heterocycles. The molecule has 80 valence electrons. The smallest absolute Gasteiger partial charge is 0.0742 e. The van der Waals surface area contributed by atoms with Crippen LogP contribution in [-0.4, -0.2) is 4.98 Å². The van der Waals surface area contributed by atoms with Gasteiger partial charge in [-0.05, 0) is 54.7 Å². The van der Waals surface area contributed by atoms with Crippen LogP contribution in [0.1, 0.15) is 27.8 Å². The van der Waals surface area contributed by atoms with E-state index < -0.39 is 0 Å². The highest BCUT2D eigenvalue weighted by molar-refractivity contribution is 5.76. The van der Waals surface area contributed by atoms with Crippen LogP contribution in [0.3, 0.4) is 0 Å². The Balaban J connectivity index is 2.32. The summed E-state index contributed by atoms with van der Waals surface area (Å²) in [6.45, 7) is 6.57. The van der Waals surface area contributed by atoms with Crippen molar-refractivity contribution in [3.8, 4) is 11.3 Å². The van der Waals surface area contributed by atoms with Crippen molar-refractivity contribution in [3.63, 3.8) is 0 Å². The van der Waals surface area contributed by atoms with Crippen LogP contribution in [-0.2, 0) is 6.42 Å². The Morgan fingerprint density at radius 3 is 2.56 bits per heavy atom. The molecule has 0 unspecified atom stereocenters. The van der Waals surface area contributed by atoms with Gasteiger partial charge in [0.1, 0.15) is 0 Å². The van der Waals surface area contributed by atoms with E-state index in [1.807, 2.05) is 6.20 Å². The number of nitrogens with zero attached hydrogens (tertiary/aromatic N) is 1. The summed E-state index contributed by atoms with van der Waals surface area (Å²) in [6, 6.07) is 6.52. The molecule has 0 radical (unpaired) electrons. The second-order valence-corrected chi connectivity index (χ2v) is 4.67. The van der Waals surface area contributed by atoms with Crippen molar-refractivity contribution in [3.05, 3.63) is 52.2 Å². The van der Waals surface area contributed by atoms with E-state index in [0.29, 0.717) is 0 Å². The van der Waals surface area contributed by atoms with Crippen molar-refractivity contribution in [1.29, 1.82) is 0 Å². The fourth-order valence-electron chi connectivity index (χ4n) is 2.54. The average Bonchev–Trinajstić information content (AvgIpc) is 2.65. The van der Waals surface area contributed by atoms with E-state index in [0.717, 1.165) is 6.42 Å². The third-order valence-electron chi connectivity index (χ3n) is 3.77. The lowest BCUT2D eigenvalue weighted by atomic mass is 9.99. The molecule has 1 aliphatic rings. The minimum Gasteiger partial charge on any atom is -0.256 e. The van der Waals surface area contributed by atoms with Crippen LogP contribution in [0.2, 0.25) is 0 Å². The Labute approximate surface area is 96.2 Å². The molecular weight excluding hydrogens is 194 g/mol. The molecule has 1 heteroatoms. The molecule has 1 aromatic heterocycles. The Morgan fingerprint density at radius 2 is 1.75 bits per heavy atom. The number of rotatable bonds is 0. The lowest BCUT2D eigenvalue weighted by Crippen LogP contribution is -1.90. The SMILES string of the molecule is Cc1ccc2c(c1C)Cc1c(C)ccnc1-2. The standard InChI is InChI=1S/C15H15N/c1-9-4-5-12-14(11(9)3)8-13-10(2)6-7-16-15(12)13/h4-7H,8H2,1-3H3. The van der Waals surface area contributed by atoms with Gasteiger partial charge in [0.15, 0.2) is 0 Å². The maximum atomic E-state index is 4.53. The van der Waals surface area contributed by atoms with Gasteiger partial charge in [0, 0.05) is 18.2 Å². The first-order valence-corrected chi connectivity index (χ1v) is 5.72. The van der Waals surface area contributed by atoms with Crippen LogP contribution in [0.25, 0.3) is 11.3 Å². The largest absolute Gasteiger partial charge is 0.256 e. The van der Waals surface area contributed by atoms with Gasteiger partial charge in [-0.3, -0.25) is 4.98 Å². The molecule has 0 fully saturated rings. The number of hydrogen-bond donors (Lipinski definition) is 0. The summed E-state index contributed by atoms with van der Waals surface area (Å²) in [5, 5.41) is 0. The van der Waals surface area contributed by atoms with Crippen LogP contribution in [0, 0.1) is 20.8 Å². The number of fused-ring (bicyclic) bond motifs is 3. The molecule has 0 amide bonds. The Kier molecular flexibility index (Phi) is 1.90. The third-order valence-corrected chi connectivity index (χ3v) is 3.77. The Morgan fingerprint density at radius 1 is 0.938 bits per heavy atom. The lowest BCUT2D eigenvalue weighted by Gasteiger charge is -2.06. The normalized spacial score (nSPS) is 12.4. The average molecular weight is 209 g/mol. The van der Waals surface area contributed by atoms with Crippen molar-refractivity contribution in [2.45, 2.75) is 27.2 Å². The summed E-state index contributed by atoms with van der Waals surface area (Å²) >= 11 is 0. The molecule has 0 bridgehead atoms. The Hall–Kier alpha value is -1.63. The van der Waals surface area contributed by atoms with E-state index >= 15 is 0 Å². The predicted molar refractivity (Wildman–Crippen MR) is 66.7 cm³/mol. The molecule has 1 aliphatic carbocycles. The summed E-state index contributed by atoms with van der Waals surface area (Å²) in [7, 11) is 0. The lowest BCUT2D eigenvalue weighted by molar-refractivity contribution is 1.15. The van der Waals surface area contributed by atoms with Gasteiger partial charge in [0.25, 0.3) is 0 Å². The van der Waals surface area contributed by atoms with E-state index in [4.69, 9.17) is 0 Å². The van der Waals surface area contributed by atoms with Gasteiger partial charge in [-0.2, -0.15) is 0 Å². The maximum absolute atomic E-state index is 4.53. The molecule has 0 atom stereocenters. The van der Waals surface area contributed by atoms with Gasteiger partial charge in [0.2, 0.25) is 0 Å². The summed E-state index contributed by atoms with van der Waals surface area (Å²) in [4.78, 5) is 4.53. The van der Waals surface area contributed by atoms with Crippen molar-refractivity contribution in [1.82, 2.24) is 4.98 Å². The highest BCUT2D eigenvalue weighted by atomic mass is 14.7. The Bertz CT molecular complexity index is 582. The van der Waals surface area contributed by atoms with Crippen molar-refractivity contribution >= 4 is 0 Å². The van der Waals surface area contributed by atoms with Gasteiger partial charge < -0.3 is 0 Å². The first-order valence-electron chi connectivity index (χ1n) is 5.72. The topological polar surface area (TPSA) is 12.9 Å². The minimum atomic E-state index is 1.05. The summed E-state index contributed by atoms with van der Waals surface area (Å²) < 4.78 is 0. The van der Waals surface area contributed by atoms with Crippen LogP contribution in [0.15, 0.2) is 24.4 Å². The van der Waals surface area contributed by atoms with Crippen LogP contribution < -0.4 is 0 Å². The fourth-order valence-corrected chi connectivity index (χ4v) is 2.54. The second kappa shape index (κ2) is 3.18. The zero-order chi connectivity index (χ0) is 11.3. The summed E-state index contributed by atoms with van der Waals surface area (Å²) in [5.41, 5.74) is 9.57. The molecule has 2 aromatic rings. The first kappa shape index (κ1) is 9.59. The molecule has 0 N–H and O–H groups in total. The molecular formula is C15H15N. The van der Waals surface area contributed by atoms with Gasteiger partial charge in [-0.15, -0.1) is 0 Å². The molecule has 1 heterocycles. The van der Waals surface area contributed by atoms with E-state index in [1.165, 1.54) is 39.1 Å². The number of hydrogen-bond acceptors (Lipinski definition) is 1. The van der Waals surface area contributed by atoms with E-state index in [9.17, 15) is 0 Å². The first-order chi connectivity index (χ1) is 7.68. The molecule has 16 heavy (non-hydrogen) atoms. The quantitative estimate of drug-likeness (QED) is 0.551. The number of pyridine rings is 1. The summed E-state index contributed by atoms with van der Waals surface area (Å²) in [6.07, 6.45) is 2.97. The molecule has 1 nitrogen and oxygen atoms in total. The van der Waals surface area contributed by atoms with Crippen LogP contribution in [0.4, 0.5) is 0 Å². The van der Waals surface area contributed by atoms with Gasteiger partial charge in [0.05, 0.1) is 5.69 Å². The number of aromatic nitrogens is 1. The second-order valence-electron chi connectivity index (χ2n) is 4.67. The predicted octanol–water partition coefficient (Wildman–Crippen LogP) is 3.58. The molecule has 1 aromatic carbocycles. The van der Waals surface area contributed by atoms with E-state index in [2.05, 4.69) is 44.0 Å². The van der Waals surface area contributed by atoms with Crippen molar-refractivity contribution < 1.29 is 0 Å². The van der Waals surface area contributed by atoms with E-state index in [-0.39, 0.29) is 0 Å². The molecule has 0 saturated heterocycles. The third kappa shape index (κ3) is 1.15. The molecule has 0 saturated carbocycles. The van der Waals surface area contributed by atoms with Gasteiger partial charge in [-0.25, -0.2) is 0 Å². The highest BCUT2D eigenvalue weighted by Crippen LogP contribution is 2.38. The van der Waals surface area contributed by atoms with Gasteiger partial charge >= 0.3 is 0 Å². The summed E-state index contributed by atoms with van der Waals surface area (Å²) in [5.74, 6) is 0. The van der Waals surface area contributed by atoms with Crippen molar-refractivity contribution in [2.75, 3.05) is 0 Å². The maximum Gasteiger partial charge on any atom is 0.0742 e. The minimum absolute atomic E-state index is 1.05. The van der Waals surface area contributed by atoms with Gasteiger partial charge in [-0.1, -0.05) is 12.1 Å². The monoisotopic (exact) mass is 209 g/mol. The van der Waals surface area contributed by atoms with Crippen LogP contribution in [0.5, 0.6) is 0 Å². The zero-order valence-corrected chi connectivity index (χ0v) is 9.96. The zero-order valence-electron chi connectivity index (χ0n) is 9.96. The number of aryl methyl sites for hydroxylation is 2. The number of benzene rings is 1. The highest BCUT2D eigenvalue weighted by Gasteiger charge is 2.22. The molecule has 0 spiro atoms. The fraction of sp³-hybridized carbons (Fsp3) is 0.267.